The molecule has 1 unspecified atom stereocenters. The number of carbonyl (C=O) groups is 1. The minimum atomic E-state index is -0.117. The number of carbonyl (C=O) groups excluding carboxylic acids is 1. The van der Waals surface area contributed by atoms with Crippen LogP contribution in [0.5, 0.6) is 11.5 Å². The lowest BCUT2D eigenvalue weighted by atomic mass is 10.1. The molecule has 2 heterocycles. The van der Waals surface area contributed by atoms with E-state index >= 15 is 0 Å². The van der Waals surface area contributed by atoms with Crippen molar-refractivity contribution < 1.29 is 14.3 Å². The summed E-state index contributed by atoms with van der Waals surface area (Å²) >= 11 is 1.58. The SMILES string of the molecule is CCOc1cc2c(cc1NC(=O)Cc1csc(Cc3ccccc3)n1)OC(C)C2. The van der Waals surface area contributed by atoms with E-state index in [1.165, 1.54) is 5.56 Å². The maximum absolute atomic E-state index is 12.6. The highest BCUT2D eigenvalue weighted by Gasteiger charge is 2.22. The van der Waals surface area contributed by atoms with E-state index in [2.05, 4.69) is 22.4 Å². The van der Waals surface area contributed by atoms with Crippen molar-refractivity contribution in [3.8, 4) is 11.5 Å². The van der Waals surface area contributed by atoms with E-state index in [0.29, 0.717) is 18.0 Å². The first-order chi connectivity index (χ1) is 14.1. The first-order valence-corrected chi connectivity index (χ1v) is 10.7. The van der Waals surface area contributed by atoms with Crippen molar-refractivity contribution in [2.75, 3.05) is 11.9 Å². The van der Waals surface area contributed by atoms with Crippen molar-refractivity contribution in [1.82, 2.24) is 4.98 Å². The summed E-state index contributed by atoms with van der Waals surface area (Å²) in [6.07, 6.45) is 2.00. The Morgan fingerprint density at radius 3 is 2.93 bits per heavy atom. The van der Waals surface area contributed by atoms with E-state index in [1.807, 2.05) is 49.6 Å². The van der Waals surface area contributed by atoms with Gasteiger partial charge >= 0.3 is 0 Å². The van der Waals surface area contributed by atoms with E-state index in [0.717, 1.165) is 34.9 Å². The van der Waals surface area contributed by atoms with E-state index in [1.54, 1.807) is 11.3 Å². The number of nitrogens with zero attached hydrogens (tertiary/aromatic N) is 1. The van der Waals surface area contributed by atoms with Crippen molar-refractivity contribution >= 4 is 22.9 Å². The number of hydrogen-bond acceptors (Lipinski definition) is 5. The highest BCUT2D eigenvalue weighted by atomic mass is 32.1. The quantitative estimate of drug-likeness (QED) is 0.619. The zero-order chi connectivity index (χ0) is 20.2. The molecule has 1 aromatic heterocycles. The van der Waals surface area contributed by atoms with E-state index in [4.69, 9.17) is 9.47 Å². The Bertz CT molecular complexity index is 1000. The fourth-order valence-electron chi connectivity index (χ4n) is 3.45. The van der Waals surface area contributed by atoms with Crippen LogP contribution >= 0.6 is 11.3 Å². The molecule has 150 valence electrons. The predicted octanol–water partition coefficient (Wildman–Crippen LogP) is 4.64. The fraction of sp³-hybridized carbons (Fsp3) is 0.304. The van der Waals surface area contributed by atoms with Gasteiger partial charge in [0.1, 0.15) is 17.6 Å². The number of ether oxygens (including phenoxy) is 2. The van der Waals surface area contributed by atoms with Gasteiger partial charge in [-0.3, -0.25) is 4.79 Å². The number of rotatable bonds is 7. The highest BCUT2D eigenvalue weighted by Crippen LogP contribution is 2.38. The molecule has 0 bridgehead atoms. The third kappa shape index (κ3) is 4.77. The topological polar surface area (TPSA) is 60.5 Å². The molecule has 3 aromatic rings. The molecule has 0 saturated heterocycles. The Labute approximate surface area is 174 Å². The minimum Gasteiger partial charge on any atom is -0.492 e. The maximum atomic E-state index is 12.6. The van der Waals surface area contributed by atoms with Crippen LogP contribution in [0.25, 0.3) is 0 Å². The van der Waals surface area contributed by atoms with Gasteiger partial charge in [-0.25, -0.2) is 4.98 Å². The molecule has 0 saturated carbocycles. The van der Waals surface area contributed by atoms with Crippen LogP contribution in [0.3, 0.4) is 0 Å². The zero-order valence-corrected chi connectivity index (χ0v) is 17.4. The molecular formula is C23H24N2O3S. The lowest BCUT2D eigenvalue weighted by Gasteiger charge is -2.13. The first-order valence-electron chi connectivity index (χ1n) is 9.84. The van der Waals surface area contributed by atoms with Gasteiger partial charge in [-0.2, -0.15) is 0 Å². The Kier molecular flexibility index (Phi) is 5.81. The van der Waals surface area contributed by atoms with Crippen LogP contribution < -0.4 is 14.8 Å². The van der Waals surface area contributed by atoms with Gasteiger partial charge in [-0.1, -0.05) is 30.3 Å². The zero-order valence-electron chi connectivity index (χ0n) is 16.6. The van der Waals surface area contributed by atoms with Gasteiger partial charge < -0.3 is 14.8 Å². The van der Waals surface area contributed by atoms with Crippen LogP contribution in [0.15, 0.2) is 47.8 Å². The van der Waals surface area contributed by atoms with Crippen molar-refractivity contribution in [1.29, 1.82) is 0 Å². The van der Waals surface area contributed by atoms with Gasteiger partial charge in [-0.15, -0.1) is 11.3 Å². The molecule has 6 heteroatoms. The molecule has 1 aliphatic rings. The van der Waals surface area contributed by atoms with E-state index in [-0.39, 0.29) is 18.4 Å². The van der Waals surface area contributed by atoms with Crippen LogP contribution in [0, 0.1) is 0 Å². The van der Waals surface area contributed by atoms with Crippen LogP contribution in [-0.2, 0) is 24.1 Å². The van der Waals surface area contributed by atoms with Gasteiger partial charge in [0, 0.05) is 29.9 Å². The number of amides is 1. The van der Waals surface area contributed by atoms with Crippen molar-refractivity contribution in [3.05, 3.63) is 69.7 Å². The summed E-state index contributed by atoms with van der Waals surface area (Å²) in [5.41, 5.74) is 3.75. The number of aromatic nitrogens is 1. The molecule has 1 amide bonds. The van der Waals surface area contributed by atoms with Crippen LogP contribution in [0.2, 0.25) is 0 Å². The molecule has 2 aromatic carbocycles. The van der Waals surface area contributed by atoms with Gasteiger partial charge in [0.2, 0.25) is 5.91 Å². The maximum Gasteiger partial charge on any atom is 0.230 e. The largest absolute Gasteiger partial charge is 0.492 e. The molecule has 29 heavy (non-hydrogen) atoms. The number of anilines is 1. The molecular weight excluding hydrogens is 384 g/mol. The lowest BCUT2D eigenvalue weighted by Crippen LogP contribution is -2.15. The second-order valence-electron chi connectivity index (χ2n) is 7.14. The summed E-state index contributed by atoms with van der Waals surface area (Å²) in [6, 6.07) is 14.0. The molecule has 1 aliphatic heterocycles. The standard InChI is InChI=1S/C23H24N2O3S/c1-3-27-21-11-17-9-15(2)28-20(17)13-19(21)25-22(26)12-18-14-29-23(24-18)10-16-7-5-4-6-8-16/h4-8,11,13-15H,3,9-10,12H2,1-2H3,(H,25,26). The van der Waals surface area contributed by atoms with Crippen molar-refractivity contribution in [2.24, 2.45) is 0 Å². The Balaban J connectivity index is 1.43. The number of hydrogen-bond donors (Lipinski definition) is 1. The van der Waals surface area contributed by atoms with Crippen molar-refractivity contribution in [2.45, 2.75) is 39.2 Å². The molecule has 1 atom stereocenters. The first kappa shape index (κ1) is 19.5. The van der Waals surface area contributed by atoms with Gasteiger partial charge in [0.25, 0.3) is 0 Å². The summed E-state index contributed by atoms with van der Waals surface area (Å²) in [5.74, 6) is 1.38. The molecule has 0 spiro atoms. The van der Waals surface area contributed by atoms with Crippen molar-refractivity contribution in [3.63, 3.8) is 0 Å². The van der Waals surface area contributed by atoms with Crippen LogP contribution in [-0.4, -0.2) is 23.6 Å². The number of thiazole rings is 1. The normalized spacial score (nSPS) is 14.9. The smallest absolute Gasteiger partial charge is 0.230 e. The summed E-state index contributed by atoms with van der Waals surface area (Å²) < 4.78 is 11.6. The summed E-state index contributed by atoms with van der Waals surface area (Å²) in [5, 5.41) is 5.93. The monoisotopic (exact) mass is 408 g/mol. The fourth-order valence-corrected chi connectivity index (χ4v) is 4.28. The summed E-state index contributed by atoms with van der Waals surface area (Å²) in [6.45, 7) is 4.50. The average molecular weight is 409 g/mol. The molecule has 0 radical (unpaired) electrons. The minimum absolute atomic E-state index is 0.117. The van der Waals surface area contributed by atoms with Gasteiger partial charge in [0.05, 0.1) is 29.4 Å². The number of fused-ring (bicyclic) bond motifs is 1. The molecule has 1 N–H and O–H groups in total. The Morgan fingerprint density at radius 1 is 1.31 bits per heavy atom. The number of nitrogens with one attached hydrogen (secondary N) is 1. The second-order valence-corrected chi connectivity index (χ2v) is 8.08. The Hall–Kier alpha value is -2.86. The van der Waals surface area contributed by atoms with Crippen LogP contribution in [0.1, 0.15) is 35.7 Å². The van der Waals surface area contributed by atoms with E-state index in [9.17, 15) is 4.79 Å². The molecule has 0 fully saturated rings. The van der Waals surface area contributed by atoms with E-state index < -0.39 is 0 Å². The predicted molar refractivity (Wildman–Crippen MR) is 115 cm³/mol. The molecule has 4 rings (SSSR count). The second kappa shape index (κ2) is 8.66. The highest BCUT2D eigenvalue weighted by molar-refractivity contribution is 7.09. The third-order valence-corrected chi connectivity index (χ3v) is 5.61. The van der Waals surface area contributed by atoms with Crippen LogP contribution in [0.4, 0.5) is 5.69 Å². The summed E-state index contributed by atoms with van der Waals surface area (Å²) in [4.78, 5) is 17.2. The third-order valence-electron chi connectivity index (χ3n) is 4.71. The summed E-state index contributed by atoms with van der Waals surface area (Å²) in [7, 11) is 0. The molecule has 0 aliphatic carbocycles. The Morgan fingerprint density at radius 2 is 2.14 bits per heavy atom. The number of benzene rings is 2. The van der Waals surface area contributed by atoms with Gasteiger partial charge in [0.15, 0.2) is 0 Å². The lowest BCUT2D eigenvalue weighted by molar-refractivity contribution is -0.115. The molecule has 5 nitrogen and oxygen atoms in total. The average Bonchev–Trinajstić information content (AvgIpc) is 3.28. The van der Waals surface area contributed by atoms with Gasteiger partial charge in [-0.05, 0) is 25.5 Å².